The normalized spacial score (nSPS) is 12.7. The van der Waals surface area contributed by atoms with Crippen molar-refractivity contribution in [2.75, 3.05) is 0 Å². The highest BCUT2D eigenvalue weighted by Gasteiger charge is 2.09. The fourth-order valence-electron chi connectivity index (χ4n) is 1.18. The van der Waals surface area contributed by atoms with Gasteiger partial charge in [-0.1, -0.05) is 0 Å². The number of halogens is 2. The van der Waals surface area contributed by atoms with Crippen molar-refractivity contribution in [3.8, 4) is 11.4 Å². The summed E-state index contributed by atoms with van der Waals surface area (Å²) in [6, 6.07) is 5.99. The van der Waals surface area contributed by atoms with Crippen molar-refractivity contribution in [1.82, 2.24) is 15.2 Å². The molecule has 78 valence electrons. The van der Waals surface area contributed by atoms with E-state index in [1.165, 1.54) is 12.1 Å². The van der Waals surface area contributed by atoms with Crippen molar-refractivity contribution in [2.45, 2.75) is 12.3 Å². The largest absolute Gasteiger partial charge is 0.261 e. The predicted molar refractivity (Wildman–Crippen MR) is 56.0 cm³/mol. The Bertz CT molecular complexity index is 450. The number of aromatic nitrogens is 3. The quantitative estimate of drug-likeness (QED) is 0.799. The van der Waals surface area contributed by atoms with Crippen LogP contribution in [0.25, 0.3) is 11.4 Å². The van der Waals surface area contributed by atoms with Crippen molar-refractivity contribution in [1.29, 1.82) is 0 Å². The van der Waals surface area contributed by atoms with Crippen LogP contribution in [0.2, 0.25) is 0 Å². The molecule has 0 aliphatic rings. The van der Waals surface area contributed by atoms with E-state index in [0.29, 0.717) is 11.6 Å². The molecule has 2 rings (SSSR count). The summed E-state index contributed by atoms with van der Waals surface area (Å²) in [6.45, 7) is 1.80. The van der Waals surface area contributed by atoms with Gasteiger partial charge in [-0.25, -0.2) is 9.37 Å². The molecule has 0 spiro atoms. The number of rotatable bonds is 2. The number of hydrogen-bond acceptors (Lipinski definition) is 2. The van der Waals surface area contributed by atoms with Gasteiger partial charge in [0.15, 0.2) is 5.82 Å². The molecule has 1 aromatic heterocycles. The first-order chi connectivity index (χ1) is 7.16. The van der Waals surface area contributed by atoms with Crippen LogP contribution in [0, 0.1) is 5.82 Å². The molecule has 1 unspecified atom stereocenters. The Kier molecular flexibility index (Phi) is 2.68. The molecule has 0 radical (unpaired) electrons. The molecule has 1 N–H and O–H groups in total. The molecule has 1 atom stereocenters. The lowest BCUT2D eigenvalue weighted by Gasteiger charge is -1.94. The van der Waals surface area contributed by atoms with E-state index in [0.717, 1.165) is 5.56 Å². The first-order valence-corrected chi connectivity index (χ1v) is 4.93. The van der Waals surface area contributed by atoms with Gasteiger partial charge in [-0.15, -0.1) is 11.6 Å². The third-order valence-electron chi connectivity index (χ3n) is 1.98. The maximum Gasteiger partial charge on any atom is 0.181 e. The third-order valence-corrected chi connectivity index (χ3v) is 2.19. The molecule has 1 aromatic carbocycles. The molecule has 0 saturated heterocycles. The summed E-state index contributed by atoms with van der Waals surface area (Å²) < 4.78 is 12.7. The third kappa shape index (κ3) is 2.15. The average Bonchev–Trinajstić information content (AvgIpc) is 2.68. The van der Waals surface area contributed by atoms with Crippen LogP contribution in [-0.4, -0.2) is 15.2 Å². The van der Waals surface area contributed by atoms with E-state index in [1.54, 1.807) is 19.1 Å². The topological polar surface area (TPSA) is 41.6 Å². The van der Waals surface area contributed by atoms with Crippen LogP contribution in [0.3, 0.4) is 0 Å². The lowest BCUT2D eigenvalue weighted by atomic mass is 10.2. The number of aromatic amines is 1. The minimum atomic E-state index is -0.278. The highest BCUT2D eigenvalue weighted by molar-refractivity contribution is 6.20. The Hall–Kier alpha value is -1.42. The van der Waals surface area contributed by atoms with Gasteiger partial charge < -0.3 is 0 Å². The van der Waals surface area contributed by atoms with Crippen LogP contribution in [0.1, 0.15) is 18.1 Å². The van der Waals surface area contributed by atoms with Crippen molar-refractivity contribution in [2.24, 2.45) is 0 Å². The van der Waals surface area contributed by atoms with E-state index in [-0.39, 0.29) is 11.2 Å². The first-order valence-electron chi connectivity index (χ1n) is 4.49. The zero-order valence-electron chi connectivity index (χ0n) is 8.04. The Morgan fingerprint density at radius 1 is 1.33 bits per heavy atom. The van der Waals surface area contributed by atoms with E-state index in [4.69, 9.17) is 11.6 Å². The predicted octanol–water partition coefficient (Wildman–Crippen LogP) is 2.91. The molecule has 0 aliphatic carbocycles. The lowest BCUT2D eigenvalue weighted by molar-refractivity contribution is 0.628. The van der Waals surface area contributed by atoms with E-state index in [1.807, 2.05) is 0 Å². The Morgan fingerprint density at radius 2 is 2.00 bits per heavy atom. The van der Waals surface area contributed by atoms with Crippen LogP contribution in [0.15, 0.2) is 24.3 Å². The van der Waals surface area contributed by atoms with Crippen molar-refractivity contribution >= 4 is 11.6 Å². The number of H-pyrrole nitrogens is 1. The highest BCUT2D eigenvalue weighted by Crippen LogP contribution is 2.19. The molecule has 5 heteroatoms. The van der Waals surface area contributed by atoms with Crippen LogP contribution in [0.4, 0.5) is 4.39 Å². The SMILES string of the molecule is CC(Cl)c1nc(-c2ccc(F)cc2)n[nH]1. The second kappa shape index (κ2) is 3.98. The number of hydrogen-bond donors (Lipinski definition) is 1. The maximum absolute atomic E-state index is 12.7. The maximum atomic E-state index is 12.7. The van der Waals surface area contributed by atoms with E-state index in [2.05, 4.69) is 15.2 Å². The summed E-state index contributed by atoms with van der Waals surface area (Å²) >= 11 is 5.84. The summed E-state index contributed by atoms with van der Waals surface area (Å²) in [7, 11) is 0. The number of benzene rings is 1. The molecular formula is C10H9ClFN3. The Labute approximate surface area is 91.3 Å². The smallest absolute Gasteiger partial charge is 0.181 e. The molecule has 0 bridgehead atoms. The van der Waals surface area contributed by atoms with Gasteiger partial charge in [-0.05, 0) is 31.2 Å². The van der Waals surface area contributed by atoms with Gasteiger partial charge >= 0.3 is 0 Å². The summed E-state index contributed by atoms with van der Waals surface area (Å²) in [5, 5.41) is 6.51. The van der Waals surface area contributed by atoms with Gasteiger partial charge in [0.2, 0.25) is 0 Å². The lowest BCUT2D eigenvalue weighted by Crippen LogP contribution is -1.86. The second-order valence-corrected chi connectivity index (χ2v) is 3.82. The molecular weight excluding hydrogens is 217 g/mol. The van der Waals surface area contributed by atoms with Gasteiger partial charge in [-0.2, -0.15) is 5.10 Å². The summed E-state index contributed by atoms with van der Waals surface area (Å²) in [5.41, 5.74) is 0.760. The van der Waals surface area contributed by atoms with Gasteiger partial charge in [0, 0.05) is 5.56 Å². The zero-order chi connectivity index (χ0) is 10.8. The van der Waals surface area contributed by atoms with Crippen LogP contribution in [-0.2, 0) is 0 Å². The first kappa shape index (κ1) is 10.1. The molecule has 0 aliphatic heterocycles. The highest BCUT2D eigenvalue weighted by atomic mass is 35.5. The Balaban J connectivity index is 2.33. The summed E-state index contributed by atoms with van der Waals surface area (Å²) in [4.78, 5) is 4.19. The van der Waals surface area contributed by atoms with Gasteiger partial charge in [-0.3, -0.25) is 5.10 Å². The zero-order valence-corrected chi connectivity index (χ0v) is 8.79. The van der Waals surface area contributed by atoms with Crippen LogP contribution in [0.5, 0.6) is 0 Å². The van der Waals surface area contributed by atoms with Crippen LogP contribution >= 0.6 is 11.6 Å². The minimum absolute atomic E-state index is 0.216. The van der Waals surface area contributed by atoms with E-state index in [9.17, 15) is 4.39 Å². The molecule has 1 heterocycles. The van der Waals surface area contributed by atoms with E-state index >= 15 is 0 Å². The minimum Gasteiger partial charge on any atom is -0.261 e. The molecule has 0 saturated carbocycles. The molecule has 3 nitrogen and oxygen atoms in total. The standard InChI is InChI=1S/C10H9ClFN3/c1-6(11)9-13-10(15-14-9)7-2-4-8(12)5-3-7/h2-6H,1H3,(H,13,14,15). The van der Waals surface area contributed by atoms with Crippen molar-refractivity contribution < 1.29 is 4.39 Å². The average molecular weight is 226 g/mol. The summed E-state index contributed by atoms with van der Waals surface area (Å²) in [6.07, 6.45) is 0. The van der Waals surface area contributed by atoms with Crippen LogP contribution < -0.4 is 0 Å². The number of nitrogens with zero attached hydrogens (tertiary/aromatic N) is 2. The molecule has 0 fully saturated rings. The summed E-state index contributed by atoms with van der Waals surface area (Å²) in [5.74, 6) is 0.855. The fraction of sp³-hybridized carbons (Fsp3) is 0.200. The van der Waals surface area contributed by atoms with Gasteiger partial charge in [0.25, 0.3) is 0 Å². The second-order valence-electron chi connectivity index (χ2n) is 3.17. The van der Waals surface area contributed by atoms with E-state index < -0.39 is 0 Å². The molecule has 15 heavy (non-hydrogen) atoms. The number of nitrogens with one attached hydrogen (secondary N) is 1. The Morgan fingerprint density at radius 3 is 2.53 bits per heavy atom. The number of alkyl halides is 1. The molecule has 0 amide bonds. The molecule has 2 aromatic rings. The van der Waals surface area contributed by atoms with Gasteiger partial charge in [0.1, 0.15) is 11.6 Å². The monoisotopic (exact) mass is 225 g/mol. The van der Waals surface area contributed by atoms with Crippen molar-refractivity contribution in [3.63, 3.8) is 0 Å². The van der Waals surface area contributed by atoms with Crippen molar-refractivity contribution in [3.05, 3.63) is 35.9 Å². The van der Waals surface area contributed by atoms with Gasteiger partial charge in [0.05, 0.1) is 5.38 Å². The fourth-order valence-corrected chi connectivity index (χ4v) is 1.28.